The molecule has 0 aliphatic heterocycles. The SMILES string of the molecule is Cc1c(C)c(C)c(S(=O)(=O)Nc2ccccc2F)c(C)c1C. The minimum Gasteiger partial charge on any atom is -0.277 e. The van der Waals surface area contributed by atoms with Gasteiger partial charge in [-0.05, 0) is 74.6 Å². The van der Waals surface area contributed by atoms with E-state index in [0.717, 1.165) is 16.7 Å². The topological polar surface area (TPSA) is 46.2 Å². The molecule has 0 heterocycles. The molecule has 1 N–H and O–H groups in total. The molecule has 5 heteroatoms. The van der Waals surface area contributed by atoms with Crippen LogP contribution in [-0.2, 0) is 10.0 Å². The van der Waals surface area contributed by atoms with Crippen LogP contribution < -0.4 is 4.72 Å². The van der Waals surface area contributed by atoms with Gasteiger partial charge in [0.15, 0.2) is 0 Å². The average molecular weight is 321 g/mol. The molecule has 0 unspecified atom stereocenters. The first kappa shape index (κ1) is 16.5. The molecule has 2 rings (SSSR count). The number of nitrogens with one attached hydrogen (secondary N) is 1. The number of para-hydroxylation sites is 1. The lowest BCUT2D eigenvalue weighted by Crippen LogP contribution is -2.18. The molecule has 0 saturated heterocycles. The fourth-order valence-corrected chi connectivity index (χ4v) is 4.28. The van der Waals surface area contributed by atoms with Gasteiger partial charge in [-0.25, -0.2) is 12.8 Å². The van der Waals surface area contributed by atoms with Crippen LogP contribution in [0.1, 0.15) is 27.8 Å². The molecule has 0 radical (unpaired) electrons. The van der Waals surface area contributed by atoms with Gasteiger partial charge in [-0.3, -0.25) is 4.72 Å². The molecule has 0 atom stereocenters. The summed E-state index contributed by atoms with van der Waals surface area (Å²) in [7, 11) is -3.85. The summed E-state index contributed by atoms with van der Waals surface area (Å²) in [5, 5.41) is 0. The van der Waals surface area contributed by atoms with Crippen LogP contribution in [-0.4, -0.2) is 8.42 Å². The second-order valence-electron chi connectivity index (χ2n) is 5.54. The van der Waals surface area contributed by atoms with Crippen LogP contribution in [0.4, 0.5) is 10.1 Å². The van der Waals surface area contributed by atoms with E-state index in [9.17, 15) is 12.8 Å². The number of anilines is 1. The van der Waals surface area contributed by atoms with Crippen molar-refractivity contribution in [3.63, 3.8) is 0 Å². The normalized spacial score (nSPS) is 11.5. The van der Waals surface area contributed by atoms with Crippen molar-refractivity contribution in [2.45, 2.75) is 39.5 Å². The highest BCUT2D eigenvalue weighted by Crippen LogP contribution is 2.31. The summed E-state index contributed by atoms with van der Waals surface area (Å²) in [5.74, 6) is -0.595. The molecule has 0 amide bonds. The Kier molecular flexibility index (Phi) is 4.29. The standard InChI is InChI=1S/C17H20FNO2S/c1-10-11(2)13(4)17(14(5)12(10)3)22(20,21)19-16-9-7-6-8-15(16)18/h6-9,19H,1-5H3. The van der Waals surface area contributed by atoms with Crippen molar-refractivity contribution in [1.29, 1.82) is 0 Å². The van der Waals surface area contributed by atoms with Gasteiger partial charge in [0.25, 0.3) is 10.0 Å². The van der Waals surface area contributed by atoms with Crippen molar-refractivity contribution >= 4 is 15.7 Å². The molecule has 118 valence electrons. The van der Waals surface area contributed by atoms with Gasteiger partial charge in [0.1, 0.15) is 5.82 Å². The summed E-state index contributed by atoms with van der Waals surface area (Å²) in [6.45, 7) is 9.35. The Bertz CT molecular complexity index is 813. The number of sulfonamides is 1. The summed E-state index contributed by atoms with van der Waals surface area (Å²) in [4.78, 5) is 0.233. The minimum atomic E-state index is -3.85. The minimum absolute atomic E-state index is 0.0443. The average Bonchev–Trinajstić information content (AvgIpc) is 2.45. The van der Waals surface area contributed by atoms with E-state index in [1.54, 1.807) is 19.9 Å². The highest BCUT2D eigenvalue weighted by molar-refractivity contribution is 7.92. The Hall–Kier alpha value is -1.88. The van der Waals surface area contributed by atoms with Gasteiger partial charge in [0.05, 0.1) is 10.6 Å². The maximum atomic E-state index is 13.7. The first-order chi connectivity index (χ1) is 10.2. The Balaban J connectivity index is 2.63. The molecule has 2 aromatic carbocycles. The quantitative estimate of drug-likeness (QED) is 0.922. The van der Waals surface area contributed by atoms with Crippen LogP contribution in [0.15, 0.2) is 29.2 Å². The van der Waals surface area contributed by atoms with Crippen molar-refractivity contribution in [2.75, 3.05) is 4.72 Å². The predicted octanol–water partition coefficient (Wildman–Crippen LogP) is 4.17. The smallest absolute Gasteiger partial charge is 0.262 e. The van der Waals surface area contributed by atoms with Crippen molar-refractivity contribution in [3.8, 4) is 0 Å². The molecule has 0 fully saturated rings. The molecule has 0 saturated carbocycles. The fraction of sp³-hybridized carbons (Fsp3) is 0.294. The third kappa shape index (κ3) is 2.73. The summed E-state index contributed by atoms with van der Waals surface area (Å²) < 4.78 is 41.6. The largest absolute Gasteiger partial charge is 0.277 e. The third-order valence-corrected chi connectivity index (χ3v) is 5.96. The first-order valence-electron chi connectivity index (χ1n) is 7.01. The summed E-state index contributed by atoms with van der Waals surface area (Å²) >= 11 is 0. The molecule has 22 heavy (non-hydrogen) atoms. The predicted molar refractivity (Wildman–Crippen MR) is 87.3 cm³/mol. The lowest BCUT2D eigenvalue weighted by atomic mass is 9.95. The number of rotatable bonds is 3. The van der Waals surface area contributed by atoms with E-state index in [0.29, 0.717) is 11.1 Å². The van der Waals surface area contributed by atoms with Gasteiger partial charge in [-0.1, -0.05) is 12.1 Å². The summed E-state index contributed by atoms with van der Waals surface area (Å²) in [6.07, 6.45) is 0. The van der Waals surface area contributed by atoms with Gasteiger partial charge >= 0.3 is 0 Å². The van der Waals surface area contributed by atoms with E-state index in [1.807, 2.05) is 20.8 Å². The second kappa shape index (κ2) is 5.72. The highest BCUT2D eigenvalue weighted by atomic mass is 32.2. The van der Waals surface area contributed by atoms with Crippen molar-refractivity contribution in [1.82, 2.24) is 0 Å². The lowest BCUT2D eigenvalue weighted by Gasteiger charge is -2.19. The van der Waals surface area contributed by atoms with Gasteiger partial charge < -0.3 is 0 Å². The molecule has 2 aromatic rings. The van der Waals surface area contributed by atoms with Gasteiger partial charge in [-0.15, -0.1) is 0 Å². The van der Waals surface area contributed by atoms with E-state index in [1.165, 1.54) is 18.2 Å². The lowest BCUT2D eigenvalue weighted by molar-refractivity contribution is 0.597. The van der Waals surface area contributed by atoms with Crippen LogP contribution in [0, 0.1) is 40.4 Å². The zero-order valence-electron chi connectivity index (χ0n) is 13.4. The highest BCUT2D eigenvalue weighted by Gasteiger charge is 2.24. The van der Waals surface area contributed by atoms with Gasteiger partial charge in [0.2, 0.25) is 0 Å². The first-order valence-corrected chi connectivity index (χ1v) is 8.49. The van der Waals surface area contributed by atoms with Crippen LogP contribution in [0.25, 0.3) is 0 Å². The number of hydrogen-bond acceptors (Lipinski definition) is 2. The fourth-order valence-electron chi connectivity index (χ4n) is 2.61. The molecular weight excluding hydrogens is 301 g/mol. The van der Waals surface area contributed by atoms with E-state index >= 15 is 0 Å². The van der Waals surface area contributed by atoms with Crippen LogP contribution >= 0.6 is 0 Å². The number of benzene rings is 2. The Morgan fingerprint density at radius 3 is 1.77 bits per heavy atom. The molecule has 0 aliphatic rings. The summed E-state index contributed by atoms with van der Waals surface area (Å²) in [5.41, 5.74) is 4.32. The van der Waals surface area contributed by atoms with Crippen molar-refractivity contribution in [2.24, 2.45) is 0 Å². The molecule has 0 aliphatic carbocycles. The molecule has 0 spiro atoms. The van der Waals surface area contributed by atoms with Crippen molar-refractivity contribution < 1.29 is 12.8 Å². The zero-order valence-corrected chi connectivity index (χ0v) is 14.2. The molecule has 0 bridgehead atoms. The van der Waals surface area contributed by atoms with Crippen LogP contribution in [0.2, 0.25) is 0 Å². The molecule has 0 aromatic heterocycles. The Labute approximate surface area is 131 Å². The van der Waals surface area contributed by atoms with Gasteiger partial charge in [-0.2, -0.15) is 0 Å². The van der Waals surface area contributed by atoms with E-state index < -0.39 is 15.8 Å². The monoisotopic (exact) mass is 321 g/mol. The maximum absolute atomic E-state index is 13.7. The Morgan fingerprint density at radius 2 is 1.27 bits per heavy atom. The van der Waals surface area contributed by atoms with Crippen LogP contribution in [0.3, 0.4) is 0 Å². The van der Waals surface area contributed by atoms with E-state index in [-0.39, 0.29) is 10.6 Å². The molecular formula is C17H20FNO2S. The van der Waals surface area contributed by atoms with Gasteiger partial charge in [0, 0.05) is 0 Å². The number of halogens is 1. The third-order valence-electron chi connectivity index (χ3n) is 4.32. The van der Waals surface area contributed by atoms with E-state index in [2.05, 4.69) is 4.72 Å². The van der Waals surface area contributed by atoms with Crippen LogP contribution in [0.5, 0.6) is 0 Å². The zero-order chi connectivity index (χ0) is 16.7. The Morgan fingerprint density at radius 1 is 0.818 bits per heavy atom. The summed E-state index contributed by atoms with van der Waals surface area (Å²) in [6, 6.07) is 5.74. The second-order valence-corrected chi connectivity index (χ2v) is 7.16. The number of hydrogen-bond donors (Lipinski definition) is 1. The maximum Gasteiger partial charge on any atom is 0.262 e. The van der Waals surface area contributed by atoms with E-state index in [4.69, 9.17) is 0 Å². The molecule has 3 nitrogen and oxygen atoms in total. The van der Waals surface area contributed by atoms with Crippen molar-refractivity contribution in [3.05, 3.63) is 57.9 Å².